The number of methoxy groups -OCH3 is 1. The van der Waals surface area contributed by atoms with E-state index in [4.69, 9.17) is 29.4 Å². The average Bonchev–Trinajstić information content (AvgIpc) is 3.29. The minimum Gasteiger partial charge on any atom is -0.495 e. The number of rotatable bonds is 5. The van der Waals surface area contributed by atoms with E-state index in [-0.39, 0.29) is 18.3 Å². The number of ether oxygens (including phenoxy) is 5. The van der Waals surface area contributed by atoms with Gasteiger partial charge in [-0.1, -0.05) is 12.1 Å². The van der Waals surface area contributed by atoms with Gasteiger partial charge in [-0.3, -0.25) is 0 Å². The highest BCUT2D eigenvalue weighted by molar-refractivity contribution is 5.61. The van der Waals surface area contributed by atoms with Gasteiger partial charge in [0.05, 0.1) is 12.8 Å². The number of nitrogens with two attached hydrogens (primary N) is 1. The number of benzene rings is 2. The molecule has 1 atom stereocenters. The summed E-state index contributed by atoms with van der Waals surface area (Å²) in [4.78, 5) is 2.39. The van der Waals surface area contributed by atoms with Crippen LogP contribution in [-0.2, 0) is 0 Å². The standard InChI is InChI=1S/C23H28N2O5/c1-26-18-5-3-2-4-17(18)25-10-8-23(14-24,9-11-25)12-16-13-27-20-7-6-19-21(22(20)30-16)29-15-28-19/h2-7,16H,8-15,24H2,1H3/t16-/m0/s1. The smallest absolute Gasteiger partial charge is 0.231 e. The molecule has 0 saturated carbocycles. The van der Waals surface area contributed by atoms with Crippen LogP contribution in [-0.4, -0.2) is 46.2 Å². The van der Waals surface area contributed by atoms with Gasteiger partial charge in [-0.05, 0) is 55.5 Å². The average molecular weight is 412 g/mol. The van der Waals surface area contributed by atoms with Crippen LogP contribution in [0.4, 0.5) is 5.69 Å². The second-order valence-corrected chi connectivity index (χ2v) is 8.24. The van der Waals surface area contributed by atoms with Gasteiger partial charge in [-0.15, -0.1) is 0 Å². The van der Waals surface area contributed by atoms with Gasteiger partial charge in [0.1, 0.15) is 18.5 Å². The van der Waals surface area contributed by atoms with Crippen molar-refractivity contribution in [1.29, 1.82) is 0 Å². The third-order valence-corrected chi connectivity index (χ3v) is 6.51. The van der Waals surface area contributed by atoms with Crippen LogP contribution in [0.5, 0.6) is 28.7 Å². The van der Waals surface area contributed by atoms with Crippen molar-refractivity contribution in [1.82, 2.24) is 0 Å². The molecule has 0 bridgehead atoms. The summed E-state index contributed by atoms with van der Waals surface area (Å²) >= 11 is 0. The third kappa shape index (κ3) is 3.37. The zero-order valence-electron chi connectivity index (χ0n) is 17.3. The summed E-state index contributed by atoms with van der Waals surface area (Å²) in [7, 11) is 1.72. The maximum atomic E-state index is 6.33. The SMILES string of the molecule is COc1ccccc1N1CCC(CN)(C[C@H]2COc3ccc4c(c3O2)OCO4)CC1. The molecule has 2 aromatic carbocycles. The van der Waals surface area contributed by atoms with Gasteiger partial charge in [0, 0.05) is 13.1 Å². The molecule has 0 aliphatic carbocycles. The van der Waals surface area contributed by atoms with Crippen LogP contribution >= 0.6 is 0 Å². The minimum atomic E-state index is -0.0606. The van der Waals surface area contributed by atoms with Crippen molar-refractivity contribution < 1.29 is 23.7 Å². The van der Waals surface area contributed by atoms with E-state index in [1.54, 1.807) is 7.11 Å². The first-order valence-electron chi connectivity index (χ1n) is 10.5. The number of hydrogen-bond acceptors (Lipinski definition) is 7. The highest BCUT2D eigenvalue weighted by atomic mass is 16.7. The van der Waals surface area contributed by atoms with Gasteiger partial charge in [-0.2, -0.15) is 0 Å². The van der Waals surface area contributed by atoms with E-state index in [0.29, 0.717) is 36.1 Å². The molecule has 7 heteroatoms. The molecule has 2 aromatic rings. The number of nitrogens with zero attached hydrogens (tertiary/aromatic N) is 1. The molecular weight excluding hydrogens is 384 g/mol. The van der Waals surface area contributed by atoms with Crippen molar-refractivity contribution in [2.24, 2.45) is 11.1 Å². The molecule has 0 amide bonds. The number of piperidine rings is 1. The number of anilines is 1. The van der Waals surface area contributed by atoms with Gasteiger partial charge in [0.25, 0.3) is 0 Å². The molecule has 30 heavy (non-hydrogen) atoms. The number of fused-ring (bicyclic) bond motifs is 3. The van der Waals surface area contributed by atoms with Crippen LogP contribution in [0.1, 0.15) is 19.3 Å². The van der Waals surface area contributed by atoms with E-state index in [9.17, 15) is 0 Å². The molecule has 2 N–H and O–H groups in total. The Morgan fingerprint density at radius 3 is 2.57 bits per heavy atom. The number of hydrogen-bond donors (Lipinski definition) is 1. The summed E-state index contributed by atoms with van der Waals surface area (Å²) in [5, 5.41) is 0. The lowest BCUT2D eigenvalue weighted by atomic mass is 9.74. The lowest BCUT2D eigenvalue weighted by molar-refractivity contribution is 0.0377. The summed E-state index contributed by atoms with van der Waals surface area (Å²) in [6.07, 6.45) is 2.80. The zero-order chi connectivity index (χ0) is 20.6. The first-order valence-corrected chi connectivity index (χ1v) is 10.5. The maximum Gasteiger partial charge on any atom is 0.231 e. The fourth-order valence-corrected chi connectivity index (χ4v) is 4.73. The normalized spacial score (nSPS) is 21.4. The fourth-order valence-electron chi connectivity index (χ4n) is 4.73. The van der Waals surface area contributed by atoms with Gasteiger partial charge in [0.2, 0.25) is 18.3 Å². The van der Waals surface area contributed by atoms with Gasteiger partial charge >= 0.3 is 0 Å². The summed E-state index contributed by atoms with van der Waals surface area (Å²) < 4.78 is 28.9. The first kappa shape index (κ1) is 19.2. The fraction of sp³-hybridized carbons (Fsp3) is 0.478. The molecule has 3 aliphatic heterocycles. The van der Waals surface area contributed by atoms with Crippen LogP contribution in [0.3, 0.4) is 0 Å². The predicted octanol–water partition coefficient (Wildman–Crippen LogP) is 3.20. The Labute approximate surface area is 176 Å². The topological polar surface area (TPSA) is 75.4 Å². The van der Waals surface area contributed by atoms with Crippen molar-refractivity contribution in [3.05, 3.63) is 36.4 Å². The summed E-state index contributed by atoms with van der Waals surface area (Å²) in [6.45, 7) is 3.24. The Balaban J connectivity index is 1.28. The van der Waals surface area contributed by atoms with Gasteiger partial charge < -0.3 is 34.3 Å². The third-order valence-electron chi connectivity index (χ3n) is 6.51. The summed E-state index contributed by atoms with van der Waals surface area (Å²) in [6, 6.07) is 11.9. The van der Waals surface area contributed by atoms with Gasteiger partial charge in [0.15, 0.2) is 11.5 Å². The highest BCUT2D eigenvalue weighted by Gasteiger charge is 2.39. The Morgan fingerprint density at radius 1 is 1.03 bits per heavy atom. The molecule has 1 fully saturated rings. The summed E-state index contributed by atoms with van der Waals surface area (Å²) in [5.74, 6) is 3.62. The van der Waals surface area contributed by atoms with Crippen LogP contribution in [0.25, 0.3) is 0 Å². The second-order valence-electron chi connectivity index (χ2n) is 8.24. The van der Waals surface area contributed by atoms with E-state index >= 15 is 0 Å². The molecule has 0 aromatic heterocycles. The van der Waals surface area contributed by atoms with Crippen molar-refractivity contribution in [2.75, 3.05) is 45.0 Å². The van der Waals surface area contributed by atoms with Crippen molar-refractivity contribution in [3.63, 3.8) is 0 Å². The monoisotopic (exact) mass is 412 g/mol. The van der Waals surface area contributed by atoms with E-state index in [1.165, 1.54) is 0 Å². The minimum absolute atomic E-state index is 0.0271. The first-order chi connectivity index (χ1) is 14.7. The van der Waals surface area contributed by atoms with E-state index < -0.39 is 0 Å². The molecule has 0 radical (unpaired) electrons. The Morgan fingerprint density at radius 2 is 1.80 bits per heavy atom. The molecule has 1 saturated heterocycles. The van der Waals surface area contributed by atoms with Crippen LogP contribution in [0.15, 0.2) is 36.4 Å². The van der Waals surface area contributed by atoms with Crippen molar-refractivity contribution in [3.8, 4) is 28.7 Å². The Bertz CT molecular complexity index is 910. The molecule has 3 heterocycles. The van der Waals surface area contributed by atoms with Crippen LogP contribution in [0, 0.1) is 5.41 Å². The number of para-hydroxylation sites is 2. The Hall–Kier alpha value is -2.80. The van der Waals surface area contributed by atoms with E-state index in [0.717, 1.165) is 43.8 Å². The molecule has 0 unspecified atom stereocenters. The lowest BCUT2D eigenvalue weighted by Crippen LogP contribution is -2.47. The molecular formula is C23H28N2O5. The molecule has 0 spiro atoms. The molecule has 3 aliphatic rings. The van der Waals surface area contributed by atoms with Crippen LogP contribution in [0.2, 0.25) is 0 Å². The second kappa shape index (κ2) is 7.80. The van der Waals surface area contributed by atoms with Crippen LogP contribution < -0.4 is 34.3 Å². The Kier molecular flexibility index (Phi) is 4.98. The highest BCUT2D eigenvalue weighted by Crippen LogP contribution is 2.50. The lowest BCUT2D eigenvalue weighted by Gasteiger charge is -2.44. The largest absolute Gasteiger partial charge is 0.495 e. The quantitative estimate of drug-likeness (QED) is 0.808. The molecule has 7 nitrogen and oxygen atoms in total. The predicted molar refractivity (Wildman–Crippen MR) is 113 cm³/mol. The van der Waals surface area contributed by atoms with E-state index in [2.05, 4.69) is 17.0 Å². The van der Waals surface area contributed by atoms with Gasteiger partial charge in [-0.25, -0.2) is 0 Å². The van der Waals surface area contributed by atoms with E-state index in [1.807, 2.05) is 24.3 Å². The molecule has 5 rings (SSSR count). The maximum absolute atomic E-state index is 6.33. The zero-order valence-corrected chi connectivity index (χ0v) is 17.3. The van der Waals surface area contributed by atoms with Crippen molar-refractivity contribution in [2.45, 2.75) is 25.4 Å². The summed E-state index contributed by atoms with van der Waals surface area (Å²) in [5.41, 5.74) is 7.47. The van der Waals surface area contributed by atoms with Crippen molar-refractivity contribution >= 4 is 5.69 Å². The molecule has 160 valence electrons.